The first kappa shape index (κ1) is 15.9. The molecule has 98 valence electrons. The zero-order valence-corrected chi connectivity index (χ0v) is 12.3. The van der Waals surface area contributed by atoms with E-state index in [4.69, 9.17) is 4.74 Å². The van der Waals surface area contributed by atoms with Crippen LogP contribution in [-0.4, -0.2) is 25.8 Å². The van der Waals surface area contributed by atoms with Crippen molar-refractivity contribution in [3.8, 4) is 0 Å². The Morgan fingerprint density at radius 3 is 2.06 bits per heavy atom. The average Bonchev–Trinajstić information content (AvgIpc) is 2.08. The Hall–Kier alpha value is -0.0800. The summed E-state index contributed by atoms with van der Waals surface area (Å²) in [5.74, 6) is 0.744. The lowest BCUT2D eigenvalue weighted by Gasteiger charge is -2.27. The van der Waals surface area contributed by atoms with Gasteiger partial charge < -0.3 is 10.1 Å². The Morgan fingerprint density at radius 2 is 1.69 bits per heavy atom. The largest absolute Gasteiger partial charge is 0.377 e. The molecule has 0 fully saturated rings. The minimum absolute atomic E-state index is 0.328. The Balaban J connectivity index is 3.92. The molecule has 0 aliphatic carbocycles. The van der Waals surface area contributed by atoms with E-state index >= 15 is 0 Å². The van der Waals surface area contributed by atoms with Crippen LogP contribution in [0.1, 0.15) is 54.4 Å². The Kier molecular flexibility index (Phi) is 7.25. The third-order valence-electron chi connectivity index (χ3n) is 2.69. The van der Waals surface area contributed by atoms with Crippen molar-refractivity contribution < 1.29 is 4.74 Å². The van der Waals surface area contributed by atoms with Crippen LogP contribution in [0, 0.1) is 11.3 Å². The summed E-state index contributed by atoms with van der Waals surface area (Å²) < 4.78 is 5.66. The second kappa shape index (κ2) is 7.29. The van der Waals surface area contributed by atoms with E-state index in [0.29, 0.717) is 17.6 Å². The van der Waals surface area contributed by atoms with Crippen LogP contribution >= 0.6 is 0 Å². The zero-order chi connectivity index (χ0) is 12.8. The van der Waals surface area contributed by atoms with Gasteiger partial charge in [0.25, 0.3) is 0 Å². The first-order chi connectivity index (χ1) is 7.24. The molecule has 0 saturated heterocycles. The van der Waals surface area contributed by atoms with E-state index in [0.717, 1.165) is 12.5 Å². The van der Waals surface area contributed by atoms with Gasteiger partial charge in [-0.15, -0.1) is 0 Å². The van der Waals surface area contributed by atoms with Gasteiger partial charge in [0.2, 0.25) is 0 Å². The van der Waals surface area contributed by atoms with Crippen LogP contribution in [0.3, 0.4) is 0 Å². The third-order valence-corrected chi connectivity index (χ3v) is 2.69. The van der Waals surface area contributed by atoms with Gasteiger partial charge in [0.1, 0.15) is 0 Å². The highest BCUT2D eigenvalue weighted by Crippen LogP contribution is 2.26. The summed E-state index contributed by atoms with van der Waals surface area (Å²) in [6, 6.07) is 0.486. The molecule has 0 spiro atoms. The molecule has 1 N–H and O–H groups in total. The molecule has 0 aromatic heterocycles. The zero-order valence-electron chi connectivity index (χ0n) is 12.3. The molecular weight excluding hydrogens is 198 g/mol. The molecule has 0 rings (SSSR count). The van der Waals surface area contributed by atoms with Crippen molar-refractivity contribution in [1.82, 2.24) is 5.32 Å². The first-order valence-corrected chi connectivity index (χ1v) is 6.53. The molecule has 0 radical (unpaired) electrons. The number of nitrogens with one attached hydrogen (secondary N) is 1. The van der Waals surface area contributed by atoms with Crippen LogP contribution in [0.15, 0.2) is 0 Å². The molecule has 2 unspecified atom stereocenters. The van der Waals surface area contributed by atoms with Gasteiger partial charge in [-0.25, -0.2) is 0 Å². The second-order valence-electron chi connectivity index (χ2n) is 6.47. The lowest BCUT2D eigenvalue weighted by Crippen LogP contribution is -2.33. The summed E-state index contributed by atoms with van der Waals surface area (Å²) in [7, 11) is 2.03. The smallest absolute Gasteiger partial charge is 0.0623 e. The van der Waals surface area contributed by atoms with Crippen LogP contribution < -0.4 is 5.32 Å². The molecule has 0 aromatic carbocycles. The number of hydrogen-bond donors (Lipinski definition) is 1. The highest BCUT2D eigenvalue weighted by atomic mass is 16.5. The van der Waals surface area contributed by atoms with Crippen LogP contribution in [-0.2, 0) is 4.74 Å². The molecule has 0 aliphatic rings. The molecule has 0 aliphatic heterocycles. The quantitative estimate of drug-likeness (QED) is 0.722. The first-order valence-electron chi connectivity index (χ1n) is 6.53. The van der Waals surface area contributed by atoms with Gasteiger partial charge in [-0.2, -0.15) is 0 Å². The van der Waals surface area contributed by atoms with Crippen LogP contribution in [0.2, 0.25) is 0 Å². The van der Waals surface area contributed by atoms with Crippen molar-refractivity contribution in [2.24, 2.45) is 11.3 Å². The summed E-state index contributed by atoms with van der Waals surface area (Å²) in [5.41, 5.74) is 0.427. The van der Waals surface area contributed by atoms with Crippen LogP contribution in [0.5, 0.6) is 0 Å². The van der Waals surface area contributed by atoms with E-state index in [-0.39, 0.29) is 0 Å². The maximum Gasteiger partial charge on any atom is 0.0623 e. The minimum Gasteiger partial charge on any atom is -0.377 e. The fourth-order valence-corrected chi connectivity index (χ4v) is 2.19. The van der Waals surface area contributed by atoms with E-state index in [9.17, 15) is 0 Å². The van der Waals surface area contributed by atoms with E-state index in [2.05, 4.69) is 46.9 Å². The predicted molar refractivity (Wildman–Crippen MR) is 71.8 cm³/mol. The van der Waals surface area contributed by atoms with Crippen molar-refractivity contribution in [2.75, 3.05) is 13.7 Å². The lowest BCUT2D eigenvalue weighted by atomic mass is 9.83. The maximum atomic E-state index is 5.66. The molecule has 0 saturated carbocycles. The summed E-state index contributed by atoms with van der Waals surface area (Å²) in [6.07, 6.45) is 2.79. The van der Waals surface area contributed by atoms with Crippen molar-refractivity contribution in [2.45, 2.75) is 66.5 Å². The summed E-state index contributed by atoms with van der Waals surface area (Å²) in [6.45, 7) is 14.3. The highest BCUT2D eigenvalue weighted by Gasteiger charge is 2.18. The van der Waals surface area contributed by atoms with Crippen molar-refractivity contribution >= 4 is 0 Å². The van der Waals surface area contributed by atoms with Gasteiger partial charge in [0, 0.05) is 6.04 Å². The minimum atomic E-state index is 0.328. The number of ether oxygens (including phenoxy) is 1. The second-order valence-corrected chi connectivity index (χ2v) is 6.47. The predicted octanol–water partition coefficient (Wildman–Crippen LogP) is 3.46. The average molecular weight is 229 g/mol. The van der Waals surface area contributed by atoms with E-state index in [1.54, 1.807) is 0 Å². The van der Waals surface area contributed by atoms with Gasteiger partial charge in [-0.3, -0.25) is 0 Å². The van der Waals surface area contributed by atoms with Gasteiger partial charge >= 0.3 is 0 Å². The molecule has 0 aromatic rings. The number of hydrogen-bond acceptors (Lipinski definition) is 2. The Morgan fingerprint density at radius 1 is 1.12 bits per heavy atom. The topological polar surface area (TPSA) is 21.3 Å². The maximum absolute atomic E-state index is 5.66. The van der Waals surface area contributed by atoms with Crippen molar-refractivity contribution in [3.05, 3.63) is 0 Å². The molecule has 16 heavy (non-hydrogen) atoms. The monoisotopic (exact) mass is 229 g/mol. The molecule has 2 atom stereocenters. The number of rotatable bonds is 7. The molecule has 0 heterocycles. The standard InChI is InChI=1S/C14H31NO/c1-11(2)16-10-13(15-7)8-12(3)9-14(4,5)6/h11-13,15H,8-10H2,1-7H3. The van der Waals surface area contributed by atoms with Crippen LogP contribution in [0.4, 0.5) is 0 Å². The van der Waals surface area contributed by atoms with E-state index in [1.807, 2.05) is 7.05 Å². The highest BCUT2D eigenvalue weighted by molar-refractivity contribution is 4.72. The lowest BCUT2D eigenvalue weighted by molar-refractivity contribution is 0.0566. The fourth-order valence-electron chi connectivity index (χ4n) is 2.19. The van der Waals surface area contributed by atoms with Crippen molar-refractivity contribution in [3.63, 3.8) is 0 Å². The van der Waals surface area contributed by atoms with E-state index < -0.39 is 0 Å². The molecule has 2 heteroatoms. The normalized spacial score (nSPS) is 16.5. The van der Waals surface area contributed by atoms with Crippen LogP contribution in [0.25, 0.3) is 0 Å². The van der Waals surface area contributed by atoms with Crippen molar-refractivity contribution in [1.29, 1.82) is 0 Å². The summed E-state index contributed by atoms with van der Waals surface area (Å²) >= 11 is 0. The molecule has 0 amide bonds. The third kappa shape index (κ3) is 9.17. The van der Waals surface area contributed by atoms with Gasteiger partial charge in [0.05, 0.1) is 12.7 Å². The SMILES string of the molecule is CNC(COC(C)C)CC(C)CC(C)(C)C. The summed E-state index contributed by atoms with van der Waals surface area (Å²) in [5, 5.41) is 3.35. The van der Waals surface area contributed by atoms with E-state index in [1.165, 1.54) is 12.8 Å². The van der Waals surface area contributed by atoms with Gasteiger partial charge in [0.15, 0.2) is 0 Å². The Labute approximate surface area is 102 Å². The molecular formula is C14H31NO. The molecule has 2 nitrogen and oxygen atoms in total. The summed E-state index contributed by atoms with van der Waals surface area (Å²) in [4.78, 5) is 0. The molecule has 0 bridgehead atoms. The van der Waals surface area contributed by atoms with Gasteiger partial charge in [-0.05, 0) is 45.1 Å². The fraction of sp³-hybridized carbons (Fsp3) is 1.00. The Bertz CT molecular complexity index is 172. The number of likely N-dealkylation sites (N-methyl/N-ethyl adjacent to an activating group) is 1. The van der Waals surface area contributed by atoms with Gasteiger partial charge in [-0.1, -0.05) is 27.7 Å².